The van der Waals surface area contributed by atoms with Gasteiger partial charge in [-0.15, -0.1) is 5.10 Å². The number of halogens is 1. The lowest BCUT2D eigenvalue weighted by Gasteiger charge is -2.36. The summed E-state index contributed by atoms with van der Waals surface area (Å²) < 4.78 is 1.66. The van der Waals surface area contributed by atoms with Crippen LogP contribution in [0.4, 0.5) is 5.82 Å². The monoisotopic (exact) mass is 515 g/mol. The van der Waals surface area contributed by atoms with Crippen molar-refractivity contribution in [3.8, 4) is 6.07 Å². The fraction of sp³-hybridized carbons (Fsp3) is 0.407. The first kappa shape index (κ1) is 23.6. The molecule has 2 aromatic heterocycles. The third kappa shape index (κ3) is 4.25. The zero-order valence-corrected chi connectivity index (χ0v) is 21.3. The van der Waals surface area contributed by atoms with E-state index in [1.165, 1.54) is 0 Å². The van der Waals surface area contributed by atoms with Crippen LogP contribution in [0.5, 0.6) is 0 Å². The number of piperidine rings is 1. The van der Waals surface area contributed by atoms with Gasteiger partial charge in [0.15, 0.2) is 5.69 Å². The predicted molar refractivity (Wildman–Crippen MR) is 136 cm³/mol. The summed E-state index contributed by atoms with van der Waals surface area (Å²) in [4.78, 5) is 31.6. The molecule has 3 fully saturated rings. The molecular weight excluding hydrogens is 490 g/mol. The highest BCUT2D eigenvalue weighted by molar-refractivity contribution is 6.30. The number of aryl methyl sites for hydroxylation is 1. The molecule has 0 radical (unpaired) electrons. The van der Waals surface area contributed by atoms with Crippen molar-refractivity contribution in [2.45, 2.75) is 51.1 Å². The minimum absolute atomic E-state index is 0.00363. The number of pyridine rings is 1. The van der Waals surface area contributed by atoms with Crippen molar-refractivity contribution in [3.05, 3.63) is 69.6 Å². The number of carbonyl (C=O) groups excluding carboxylic acids is 2. The van der Waals surface area contributed by atoms with Gasteiger partial charge in [-0.1, -0.05) is 16.8 Å². The largest absolute Gasteiger partial charge is 0.348 e. The van der Waals surface area contributed by atoms with E-state index in [9.17, 15) is 14.9 Å². The van der Waals surface area contributed by atoms with Crippen LogP contribution in [0.15, 0.2) is 36.7 Å². The van der Waals surface area contributed by atoms with Crippen LogP contribution < -0.4 is 10.2 Å². The first-order valence-corrected chi connectivity index (χ1v) is 12.9. The quantitative estimate of drug-likeness (QED) is 0.534. The minimum atomic E-state index is -0.273. The fourth-order valence-electron chi connectivity index (χ4n) is 5.55. The van der Waals surface area contributed by atoms with E-state index in [0.717, 1.165) is 42.5 Å². The van der Waals surface area contributed by atoms with Crippen LogP contribution >= 0.6 is 11.6 Å². The lowest BCUT2D eigenvalue weighted by Crippen LogP contribution is -2.43. The maximum Gasteiger partial charge on any atom is 0.273 e. The Bertz CT molecular complexity index is 1460. The van der Waals surface area contributed by atoms with E-state index in [2.05, 4.69) is 26.7 Å². The zero-order valence-electron chi connectivity index (χ0n) is 20.6. The number of hydrogen-bond acceptors (Lipinski definition) is 6. The molecule has 6 rings (SSSR count). The van der Waals surface area contributed by atoms with Gasteiger partial charge in [0, 0.05) is 29.7 Å². The second-order valence-corrected chi connectivity index (χ2v) is 10.8. The van der Waals surface area contributed by atoms with Crippen molar-refractivity contribution in [1.82, 2.24) is 25.3 Å². The summed E-state index contributed by atoms with van der Waals surface area (Å²) in [7, 11) is 0. The highest BCUT2D eigenvalue weighted by atomic mass is 35.5. The van der Waals surface area contributed by atoms with Gasteiger partial charge in [-0.05, 0) is 85.9 Å². The molecule has 0 spiro atoms. The molecule has 1 aromatic carbocycles. The van der Waals surface area contributed by atoms with Gasteiger partial charge in [-0.3, -0.25) is 14.5 Å². The second-order valence-electron chi connectivity index (χ2n) is 10.4. The third-order valence-electron chi connectivity index (χ3n) is 7.97. The SMILES string of the molecule is Cc1cc(N2C[C@H]3C[C@H]3C2=O)ncc1[C@H](C)n1cc(C(=O)NC2CC(c3cc(Cl)ccc3C#N)C2)nn1. The number of carbonyl (C=O) groups is 2. The molecule has 1 aliphatic heterocycles. The Morgan fingerprint density at radius 2 is 2.08 bits per heavy atom. The molecule has 1 N–H and O–H groups in total. The molecule has 37 heavy (non-hydrogen) atoms. The molecule has 0 bridgehead atoms. The number of nitrogens with zero attached hydrogens (tertiary/aromatic N) is 6. The second kappa shape index (κ2) is 8.96. The van der Waals surface area contributed by atoms with E-state index in [1.807, 2.05) is 26.0 Å². The highest BCUT2D eigenvalue weighted by Crippen LogP contribution is 2.47. The molecule has 188 valence electrons. The van der Waals surface area contributed by atoms with E-state index in [-0.39, 0.29) is 41.4 Å². The summed E-state index contributed by atoms with van der Waals surface area (Å²) in [6.45, 7) is 4.73. The van der Waals surface area contributed by atoms with Gasteiger partial charge < -0.3 is 5.32 Å². The fourth-order valence-corrected chi connectivity index (χ4v) is 5.73. The molecular formula is C27H26ClN7O2. The maximum atomic E-state index is 12.8. The molecule has 2 saturated carbocycles. The Morgan fingerprint density at radius 1 is 1.27 bits per heavy atom. The topological polar surface area (TPSA) is 117 Å². The van der Waals surface area contributed by atoms with E-state index < -0.39 is 0 Å². The van der Waals surface area contributed by atoms with Crippen molar-refractivity contribution < 1.29 is 9.59 Å². The summed E-state index contributed by atoms with van der Waals surface area (Å²) in [6.07, 6.45) is 5.92. The average Bonchev–Trinajstić information content (AvgIpc) is 3.31. The van der Waals surface area contributed by atoms with Gasteiger partial charge in [-0.25, -0.2) is 9.67 Å². The van der Waals surface area contributed by atoms with Gasteiger partial charge >= 0.3 is 0 Å². The number of hydrogen-bond donors (Lipinski definition) is 1. The Morgan fingerprint density at radius 3 is 2.78 bits per heavy atom. The predicted octanol–water partition coefficient (Wildman–Crippen LogP) is 3.77. The van der Waals surface area contributed by atoms with Crippen LogP contribution in [0.2, 0.25) is 5.02 Å². The summed E-state index contributed by atoms with van der Waals surface area (Å²) in [5.74, 6) is 1.48. The summed E-state index contributed by atoms with van der Waals surface area (Å²) in [6, 6.07) is 9.28. The molecule has 2 aliphatic carbocycles. The molecule has 3 heterocycles. The van der Waals surface area contributed by atoms with Crippen LogP contribution in [0.25, 0.3) is 0 Å². The molecule has 0 unspecified atom stereocenters. The molecule has 10 heteroatoms. The van der Waals surface area contributed by atoms with E-state index in [4.69, 9.17) is 11.6 Å². The van der Waals surface area contributed by atoms with Crippen molar-refractivity contribution in [2.24, 2.45) is 11.8 Å². The molecule has 3 aromatic rings. The number of amides is 2. The molecule has 3 aliphatic rings. The molecule has 2 amide bonds. The minimum Gasteiger partial charge on any atom is -0.348 e. The Kier molecular flexibility index (Phi) is 5.72. The smallest absolute Gasteiger partial charge is 0.273 e. The third-order valence-corrected chi connectivity index (χ3v) is 8.21. The van der Waals surface area contributed by atoms with E-state index in [0.29, 0.717) is 22.3 Å². The number of benzene rings is 1. The number of anilines is 1. The maximum absolute atomic E-state index is 12.8. The van der Waals surface area contributed by atoms with Crippen LogP contribution in [0, 0.1) is 30.1 Å². The Balaban J connectivity index is 1.08. The number of fused-ring (bicyclic) bond motifs is 1. The van der Waals surface area contributed by atoms with Gasteiger partial charge in [0.2, 0.25) is 5.91 Å². The summed E-state index contributed by atoms with van der Waals surface area (Å²) >= 11 is 6.12. The van der Waals surface area contributed by atoms with Crippen LogP contribution in [0.1, 0.15) is 70.9 Å². The number of rotatable bonds is 6. The average molecular weight is 516 g/mol. The van der Waals surface area contributed by atoms with Crippen LogP contribution in [-0.2, 0) is 4.79 Å². The van der Waals surface area contributed by atoms with Gasteiger partial charge in [0.25, 0.3) is 5.91 Å². The van der Waals surface area contributed by atoms with Crippen molar-refractivity contribution in [2.75, 3.05) is 11.4 Å². The molecule has 9 nitrogen and oxygen atoms in total. The lowest BCUT2D eigenvalue weighted by atomic mass is 9.74. The van der Waals surface area contributed by atoms with E-state index in [1.54, 1.807) is 34.1 Å². The standard InChI is InChI=1S/C27H26ClN7O2/c1-14-5-25(34-12-18-8-22(18)27(34)37)30-11-23(14)15(2)35-13-24(32-33-35)26(36)31-20-6-17(7-20)21-9-19(28)4-3-16(21)10-29/h3-5,9,11,13,15,17-18,20,22H,6-8,12H2,1-2H3,(H,31,36)/t15-,17?,18+,20?,22+/m0/s1. The van der Waals surface area contributed by atoms with Crippen molar-refractivity contribution in [1.29, 1.82) is 5.26 Å². The van der Waals surface area contributed by atoms with Crippen LogP contribution in [-0.4, -0.2) is 44.4 Å². The normalized spacial score (nSPS) is 24.7. The first-order valence-electron chi connectivity index (χ1n) is 12.5. The highest BCUT2D eigenvalue weighted by Gasteiger charge is 2.52. The summed E-state index contributed by atoms with van der Waals surface area (Å²) in [5.41, 5.74) is 3.76. The van der Waals surface area contributed by atoms with Gasteiger partial charge in [0.1, 0.15) is 5.82 Å². The van der Waals surface area contributed by atoms with Crippen molar-refractivity contribution >= 4 is 29.2 Å². The van der Waals surface area contributed by atoms with Gasteiger partial charge in [0.05, 0.1) is 23.9 Å². The molecule has 1 saturated heterocycles. The van der Waals surface area contributed by atoms with Crippen molar-refractivity contribution in [3.63, 3.8) is 0 Å². The van der Waals surface area contributed by atoms with Gasteiger partial charge in [-0.2, -0.15) is 5.26 Å². The summed E-state index contributed by atoms with van der Waals surface area (Å²) in [5, 5.41) is 21.3. The van der Waals surface area contributed by atoms with Crippen LogP contribution in [0.3, 0.4) is 0 Å². The molecule has 3 atom stereocenters. The number of aromatic nitrogens is 4. The number of nitriles is 1. The lowest BCUT2D eigenvalue weighted by molar-refractivity contribution is -0.118. The Labute approximate surface area is 219 Å². The van der Waals surface area contributed by atoms with E-state index >= 15 is 0 Å². The number of nitrogens with one attached hydrogen (secondary N) is 1. The first-order chi connectivity index (χ1) is 17.8. The zero-order chi connectivity index (χ0) is 25.8. The Hall–Kier alpha value is -3.77.